The number of amides is 1. The number of carbonyl (C=O) groups excluding carboxylic acids is 1. The van der Waals surface area contributed by atoms with Gasteiger partial charge in [-0.2, -0.15) is 0 Å². The third-order valence-corrected chi connectivity index (χ3v) is 6.49. The first-order chi connectivity index (χ1) is 13.3. The molecule has 0 spiro atoms. The summed E-state index contributed by atoms with van der Waals surface area (Å²) >= 11 is 2.84. The molecule has 0 aliphatic carbocycles. The van der Waals surface area contributed by atoms with Gasteiger partial charge in [0.25, 0.3) is 0 Å². The lowest BCUT2D eigenvalue weighted by Crippen LogP contribution is -2.15. The average molecular weight is 413 g/mol. The lowest BCUT2D eigenvalue weighted by molar-refractivity contribution is -0.113. The van der Waals surface area contributed by atoms with Crippen molar-refractivity contribution in [3.05, 3.63) is 58.1 Å². The summed E-state index contributed by atoms with van der Waals surface area (Å²) in [7, 11) is 0. The molecule has 2 aromatic carbocycles. The zero-order chi connectivity index (χ0) is 20.3. The summed E-state index contributed by atoms with van der Waals surface area (Å²) in [4.78, 5) is 12.4. The summed E-state index contributed by atoms with van der Waals surface area (Å²) in [5, 5.41) is 15.4. The molecule has 0 radical (unpaired) electrons. The van der Waals surface area contributed by atoms with E-state index in [1.807, 2.05) is 26.0 Å². The number of carbonyl (C=O) groups is 1. The summed E-state index contributed by atoms with van der Waals surface area (Å²) in [6, 6.07) is 10.3. The van der Waals surface area contributed by atoms with E-state index in [-0.39, 0.29) is 5.91 Å². The van der Waals surface area contributed by atoms with Gasteiger partial charge in [-0.1, -0.05) is 52.9 Å². The van der Waals surface area contributed by atoms with Crippen LogP contribution in [0.4, 0.5) is 16.5 Å². The van der Waals surface area contributed by atoms with Crippen LogP contribution in [0.2, 0.25) is 0 Å². The fraction of sp³-hybridized carbons (Fsp3) is 0.286. The number of benzene rings is 2. The Bertz CT molecular complexity index is 990. The number of hydrogen-bond donors (Lipinski definition) is 2. The summed E-state index contributed by atoms with van der Waals surface area (Å²) in [5.41, 5.74) is 7.68. The van der Waals surface area contributed by atoms with Crippen molar-refractivity contribution in [2.75, 3.05) is 16.4 Å². The standard InChI is InChI=1S/C21H24N4OS2/c1-12-9-14(3)19(15(4)10-12)23-18(26)11-27-21-25-24-20(28-21)22-17-8-6-7-13(2)16(17)5/h6-10H,11H2,1-5H3,(H,22,24)(H,23,26). The maximum atomic E-state index is 12.4. The number of nitrogens with one attached hydrogen (secondary N) is 2. The van der Waals surface area contributed by atoms with Crippen LogP contribution < -0.4 is 10.6 Å². The van der Waals surface area contributed by atoms with Crippen LogP contribution in [-0.2, 0) is 4.79 Å². The second-order valence-electron chi connectivity index (χ2n) is 6.86. The van der Waals surface area contributed by atoms with Crippen LogP contribution in [0, 0.1) is 34.6 Å². The van der Waals surface area contributed by atoms with Crippen LogP contribution in [0.3, 0.4) is 0 Å². The van der Waals surface area contributed by atoms with Gasteiger partial charge < -0.3 is 10.6 Å². The molecule has 0 unspecified atom stereocenters. The Morgan fingerprint density at radius 3 is 2.46 bits per heavy atom. The van der Waals surface area contributed by atoms with Gasteiger partial charge >= 0.3 is 0 Å². The van der Waals surface area contributed by atoms with Gasteiger partial charge in [0.05, 0.1) is 5.75 Å². The number of hydrogen-bond acceptors (Lipinski definition) is 6. The van der Waals surface area contributed by atoms with Crippen LogP contribution in [0.15, 0.2) is 34.7 Å². The van der Waals surface area contributed by atoms with Gasteiger partial charge in [0.2, 0.25) is 11.0 Å². The Balaban J connectivity index is 1.58. The monoisotopic (exact) mass is 412 g/mol. The van der Waals surface area contributed by atoms with Crippen molar-refractivity contribution in [2.45, 2.75) is 39.0 Å². The minimum Gasteiger partial charge on any atom is -0.330 e. The second kappa shape index (κ2) is 8.75. The number of rotatable bonds is 6. The summed E-state index contributed by atoms with van der Waals surface area (Å²) in [6.07, 6.45) is 0. The molecule has 5 nitrogen and oxygen atoms in total. The molecule has 0 aliphatic heterocycles. The number of nitrogens with zero attached hydrogens (tertiary/aromatic N) is 2. The number of anilines is 3. The molecule has 1 heterocycles. The highest BCUT2D eigenvalue weighted by Gasteiger charge is 2.12. The van der Waals surface area contributed by atoms with Crippen molar-refractivity contribution in [1.82, 2.24) is 10.2 Å². The van der Waals surface area contributed by atoms with Crippen molar-refractivity contribution < 1.29 is 4.79 Å². The van der Waals surface area contributed by atoms with E-state index in [0.717, 1.165) is 32.0 Å². The van der Waals surface area contributed by atoms with Crippen molar-refractivity contribution in [3.8, 4) is 0 Å². The largest absolute Gasteiger partial charge is 0.330 e. The Labute approximate surface area is 174 Å². The molecule has 28 heavy (non-hydrogen) atoms. The topological polar surface area (TPSA) is 66.9 Å². The zero-order valence-corrected chi connectivity index (χ0v) is 18.3. The Hall–Kier alpha value is -2.38. The molecular formula is C21H24N4OS2. The molecule has 2 N–H and O–H groups in total. The summed E-state index contributed by atoms with van der Waals surface area (Å²) < 4.78 is 0.764. The SMILES string of the molecule is Cc1cc(C)c(NC(=O)CSc2nnc(Nc3cccc(C)c3C)s2)c(C)c1. The van der Waals surface area contributed by atoms with E-state index >= 15 is 0 Å². The van der Waals surface area contributed by atoms with E-state index in [9.17, 15) is 4.79 Å². The predicted octanol–water partition coefficient (Wildman–Crippen LogP) is 5.55. The molecule has 1 aromatic heterocycles. The molecule has 0 atom stereocenters. The van der Waals surface area contributed by atoms with Gasteiger partial charge in [0, 0.05) is 11.4 Å². The van der Waals surface area contributed by atoms with Crippen molar-refractivity contribution in [3.63, 3.8) is 0 Å². The summed E-state index contributed by atoms with van der Waals surface area (Å²) in [6.45, 7) is 10.2. The van der Waals surface area contributed by atoms with Crippen molar-refractivity contribution >= 4 is 45.5 Å². The molecule has 0 aliphatic rings. The van der Waals surface area contributed by atoms with E-state index in [0.29, 0.717) is 5.75 Å². The molecule has 7 heteroatoms. The maximum absolute atomic E-state index is 12.4. The molecule has 146 valence electrons. The minimum absolute atomic E-state index is 0.0423. The van der Waals surface area contributed by atoms with E-state index < -0.39 is 0 Å². The van der Waals surface area contributed by atoms with Gasteiger partial charge in [-0.25, -0.2) is 0 Å². The van der Waals surface area contributed by atoms with Crippen LogP contribution in [0.25, 0.3) is 0 Å². The van der Waals surface area contributed by atoms with E-state index in [4.69, 9.17) is 0 Å². The van der Waals surface area contributed by atoms with E-state index in [1.54, 1.807) is 0 Å². The van der Waals surface area contributed by atoms with E-state index in [2.05, 4.69) is 59.8 Å². The van der Waals surface area contributed by atoms with Crippen LogP contribution in [0.1, 0.15) is 27.8 Å². The maximum Gasteiger partial charge on any atom is 0.234 e. The molecule has 1 amide bonds. The highest BCUT2D eigenvalue weighted by molar-refractivity contribution is 8.01. The van der Waals surface area contributed by atoms with Crippen molar-refractivity contribution in [2.24, 2.45) is 0 Å². The summed E-state index contributed by atoms with van der Waals surface area (Å²) in [5.74, 6) is 0.254. The molecule has 0 bridgehead atoms. The van der Waals surface area contributed by atoms with Gasteiger partial charge in [-0.15, -0.1) is 10.2 Å². The third kappa shape index (κ3) is 4.91. The van der Waals surface area contributed by atoms with Gasteiger partial charge in [-0.3, -0.25) is 4.79 Å². The number of aryl methyl sites for hydroxylation is 4. The first-order valence-electron chi connectivity index (χ1n) is 9.00. The highest BCUT2D eigenvalue weighted by Crippen LogP contribution is 2.30. The first-order valence-corrected chi connectivity index (χ1v) is 10.8. The molecule has 3 rings (SSSR count). The van der Waals surface area contributed by atoms with Gasteiger partial charge in [-0.05, 0) is 62.9 Å². The molecule has 0 saturated heterocycles. The Morgan fingerprint density at radius 1 is 1.04 bits per heavy atom. The van der Waals surface area contributed by atoms with Crippen molar-refractivity contribution in [1.29, 1.82) is 0 Å². The van der Waals surface area contributed by atoms with Gasteiger partial charge in [0.1, 0.15) is 0 Å². The van der Waals surface area contributed by atoms with Gasteiger partial charge in [0.15, 0.2) is 4.34 Å². The first kappa shape index (κ1) is 20.4. The fourth-order valence-corrected chi connectivity index (χ4v) is 4.56. The smallest absolute Gasteiger partial charge is 0.234 e. The Morgan fingerprint density at radius 2 is 1.75 bits per heavy atom. The van der Waals surface area contributed by atoms with Crippen LogP contribution >= 0.6 is 23.1 Å². The lowest BCUT2D eigenvalue weighted by atomic mass is 10.1. The zero-order valence-electron chi connectivity index (χ0n) is 16.7. The van der Waals surface area contributed by atoms with Crippen LogP contribution in [-0.4, -0.2) is 21.9 Å². The Kier molecular flexibility index (Phi) is 6.36. The molecule has 3 aromatic rings. The average Bonchev–Trinajstić information content (AvgIpc) is 3.08. The molecule has 0 saturated carbocycles. The van der Waals surface area contributed by atoms with E-state index in [1.165, 1.54) is 39.8 Å². The predicted molar refractivity (Wildman–Crippen MR) is 119 cm³/mol. The highest BCUT2D eigenvalue weighted by atomic mass is 32.2. The fourth-order valence-electron chi connectivity index (χ4n) is 3.00. The number of aromatic nitrogens is 2. The van der Waals surface area contributed by atoms with Crippen LogP contribution in [0.5, 0.6) is 0 Å². The molecule has 0 fully saturated rings. The third-order valence-electron chi connectivity index (χ3n) is 4.52. The molecular weight excluding hydrogens is 388 g/mol. The normalized spacial score (nSPS) is 10.8. The lowest BCUT2D eigenvalue weighted by Gasteiger charge is -2.12. The quantitative estimate of drug-likeness (QED) is 0.519. The second-order valence-corrected chi connectivity index (χ2v) is 9.06. The minimum atomic E-state index is -0.0423. The number of thioether (sulfide) groups is 1.